The van der Waals surface area contributed by atoms with E-state index in [-0.39, 0.29) is 32.5 Å². The lowest BCUT2D eigenvalue weighted by atomic mass is 9.55. The number of hydrogen-bond acceptors (Lipinski definition) is 8. The minimum absolute atomic E-state index is 0.0648. The summed E-state index contributed by atoms with van der Waals surface area (Å²) in [5, 5.41) is 21.0. The molecule has 0 bridgehead atoms. The fraction of sp³-hybridized carbons (Fsp3) is 0.136. The van der Waals surface area contributed by atoms with Crippen molar-refractivity contribution in [3.63, 3.8) is 0 Å². The maximum atomic E-state index is 6.37. The van der Waals surface area contributed by atoms with Gasteiger partial charge in [-0.05, 0) is 260 Å². The van der Waals surface area contributed by atoms with Gasteiger partial charge in [0.2, 0.25) is 0 Å². The van der Waals surface area contributed by atoms with Gasteiger partial charge in [0.1, 0.15) is 11.2 Å². The molecule has 25 aromatic rings. The first-order valence-corrected chi connectivity index (χ1v) is 52.3. The summed E-state index contributed by atoms with van der Waals surface area (Å²) >= 11 is 7.71. The van der Waals surface area contributed by atoms with E-state index in [2.05, 4.69) is 492 Å². The Bertz CT molecular complexity index is 9360. The molecule has 0 radical (unpaired) electrons. The molecule has 4 nitrogen and oxygen atoms in total. The highest BCUT2D eigenvalue weighted by atomic mass is 32.1. The summed E-state index contributed by atoms with van der Waals surface area (Å²) in [7, 11) is 0. The predicted molar refractivity (Wildman–Crippen MR) is 609 cm³/mol. The molecule has 28 rings (SSSR count). The second kappa shape index (κ2) is 31.9. The van der Waals surface area contributed by atoms with Gasteiger partial charge in [0.15, 0.2) is 0 Å². The summed E-state index contributed by atoms with van der Waals surface area (Å²) in [4.78, 5) is 7.19. The van der Waals surface area contributed by atoms with Crippen LogP contribution >= 0.6 is 45.3 Å². The number of fused-ring (bicyclic) bond motifs is 33. The van der Waals surface area contributed by atoms with Gasteiger partial charge in [0.25, 0.3) is 0 Å². The van der Waals surface area contributed by atoms with Crippen LogP contribution in [0.25, 0.3) is 168 Å². The Kier molecular flexibility index (Phi) is 19.5. The Morgan fingerprint density at radius 2 is 0.457 bits per heavy atom. The quantitative estimate of drug-likeness (QED) is 0.144. The van der Waals surface area contributed by atoms with Gasteiger partial charge < -0.3 is 19.1 Å². The monoisotopic (exact) mass is 1870 g/mol. The van der Waals surface area contributed by atoms with E-state index >= 15 is 0 Å². The van der Waals surface area contributed by atoms with Crippen LogP contribution in [0.4, 0.5) is 51.2 Å². The van der Waals surface area contributed by atoms with E-state index in [1.54, 1.807) is 0 Å². The van der Waals surface area contributed by atoms with Crippen molar-refractivity contribution in [2.45, 2.75) is 116 Å². The zero-order valence-electron chi connectivity index (χ0n) is 80.6. The van der Waals surface area contributed by atoms with Crippen molar-refractivity contribution < 1.29 is 4.42 Å². The van der Waals surface area contributed by atoms with Crippen molar-refractivity contribution in [1.29, 1.82) is 0 Å². The number of hydrogen-bond donors (Lipinski definition) is 0. The van der Waals surface area contributed by atoms with E-state index in [1.165, 1.54) is 197 Å². The second-order valence-electron chi connectivity index (χ2n) is 41.7. The first-order chi connectivity index (χ1) is 68.0. The first kappa shape index (κ1) is 85.7. The van der Waals surface area contributed by atoms with Gasteiger partial charge >= 0.3 is 0 Å². The normalized spacial score (nSPS) is 14.9. The van der Waals surface area contributed by atoms with Crippen LogP contribution in [0.3, 0.4) is 0 Å². The zero-order valence-corrected chi connectivity index (χ0v) is 83.8. The Labute approximate surface area is 832 Å². The van der Waals surface area contributed by atoms with E-state index < -0.39 is 0 Å². The summed E-state index contributed by atoms with van der Waals surface area (Å²) in [5.41, 5.74) is 28.4. The molecule has 0 atom stereocenters. The van der Waals surface area contributed by atoms with Crippen molar-refractivity contribution in [1.82, 2.24) is 0 Å². The van der Waals surface area contributed by atoms with Gasteiger partial charge in [0.05, 0.1) is 0 Å². The molecule has 140 heavy (non-hydrogen) atoms. The van der Waals surface area contributed by atoms with Crippen molar-refractivity contribution >= 4 is 231 Å². The lowest BCUT2D eigenvalue weighted by Gasteiger charge is -2.48. The molecule has 8 heteroatoms. The van der Waals surface area contributed by atoms with Crippen LogP contribution in [0.2, 0.25) is 0 Å². The maximum Gasteiger partial charge on any atom is 0.137 e. The lowest BCUT2D eigenvalue weighted by Crippen LogP contribution is -2.43. The molecule has 5 heterocycles. The van der Waals surface area contributed by atoms with Crippen molar-refractivity contribution in [3.05, 3.63) is 440 Å². The Morgan fingerprint density at radius 1 is 0.179 bits per heavy atom. The smallest absolute Gasteiger partial charge is 0.137 e. The van der Waals surface area contributed by atoms with E-state index in [0.717, 1.165) is 56.1 Å². The highest BCUT2D eigenvalue weighted by Crippen LogP contribution is 2.64. The highest BCUT2D eigenvalue weighted by Gasteiger charge is 2.51. The topological polar surface area (TPSA) is 22.9 Å². The average molecular weight is 1880 g/mol. The van der Waals surface area contributed by atoms with Crippen LogP contribution in [0.15, 0.2) is 411 Å². The molecule has 0 aliphatic heterocycles. The van der Waals surface area contributed by atoms with Gasteiger partial charge in [-0.3, -0.25) is 0 Å². The number of nitrogens with zero attached hydrogens (tertiary/aromatic N) is 3. The summed E-state index contributed by atoms with van der Waals surface area (Å²) in [6.07, 6.45) is 0. The van der Waals surface area contributed by atoms with Crippen LogP contribution < -0.4 is 14.7 Å². The number of rotatable bonds is 9. The van der Waals surface area contributed by atoms with E-state index in [1.807, 2.05) is 57.5 Å². The maximum absolute atomic E-state index is 6.37. The Morgan fingerprint density at radius 3 is 0.850 bits per heavy atom. The van der Waals surface area contributed by atoms with Crippen LogP contribution in [0, 0.1) is 0 Å². The third kappa shape index (κ3) is 12.9. The molecule has 0 saturated carbocycles. The van der Waals surface area contributed by atoms with Crippen LogP contribution in [-0.4, -0.2) is 0 Å². The van der Waals surface area contributed by atoms with Crippen LogP contribution in [-0.2, 0) is 32.5 Å². The van der Waals surface area contributed by atoms with E-state index in [9.17, 15) is 0 Å². The van der Waals surface area contributed by atoms with Gasteiger partial charge in [-0.2, -0.15) is 0 Å². The highest BCUT2D eigenvalue weighted by molar-refractivity contribution is 7.27. The lowest BCUT2D eigenvalue weighted by molar-refractivity contribution is 0.299. The molecule has 5 aromatic heterocycles. The summed E-state index contributed by atoms with van der Waals surface area (Å²) in [5.74, 6) is 0. The second-order valence-corrected chi connectivity index (χ2v) is 46.0. The molecular formula is C132H103N3OS4. The van der Waals surface area contributed by atoms with Gasteiger partial charge in [-0.25, -0.2) is 0 Å². The summed E-state index contributed by atoms with van der Waals surface area (Å²) in [6, 6.07) is 150. The summed E-state index contributed by atoms with van der Waals surface area (Å²) < 4.78 is 17.3. The molecule has 0 fully saturated rings. The molecule has 0 amide bonds. The number of furan rings is 1. The minimum Gasteiger partial charge on any atom is -0.456 e. The molecule has 0 spiro atoms. The molecule has 20 aromatic carbocycles. The van der Waals surface area contributed by atoms with Gasteiger partial charge in [-0.15, -0.1) is 45.3 Å². The van der Waals surface area contributed by atoms with Crippen LogP contribution in [0.1, 0.15) is 116 Å². The van der Waals surface area contributed by atoms with Crippen molar-refractivity contribution in [2.75, 3.05) is 14.7 Å². The van der Waals surface area contributed by atoms with Gasteiger partial charge in [0, 0.05) is 165 Å². The SMILES string of the molecule is CC1(C)c2cc(N(c3ccccc3)c3ccc4c(c3)oc3ccccc34)ccc2-c2c(ccc3c2sc2ccc4ccccc4c23)C1(C)C.CC1(C)c2cc(N(c3ccccc3)c3ccc4sc5ccccc5c4c3)ccc2-c2c(ccc3c2sc2ccc4ccccc4c23)C1(C)C.CC1(C)c2cc(N(c3ccccc3)c3ccccc3)ccc2-c2c(ccc3c2sc2ccc4ccccc4c23)C1(C)C. The fourth-order valence-corrected chi connectivity index (χ4v) is 28.7. The Balaban J connectivity index is 0.000000108. The fourth-order valence-electron chi connectivity index (χ4n) is 23.8. The minimum atomic E-state index is -0.132. The molecule has 3 aliphatic rings. The first-order valence-electron chi connectivity index (χ1n) is 49.0. The number of para-hydroxylation sites is 5. The van der Waals surface area contributed by atoms with Crippen molar-refractivity contribution in [3.8, 4) is 33.4 Å². The number of thiophene rings is 4. The third-order valence-corrected chi connectivity index (χ3v) is 37.9. The molecule has 0 saturated heterocycles. The standard InChI is InChI=1S/C46H35NOS.C46H35NS2.C40H33NS/c1-45(2)37-24-23-36-42-32-15-9-8-12-28(32)18-25-41(42)49-44(36)43(37)35-22-20-30(26-38(35)46(45,3)4)47(29-13-6-5-7-14-29)31-19-21-34-33-16-10-11-17-39(33)48-40(34)27-31;1-45(2)37-23-22-35-42-32-15-9-8-12-28(32)18-24-41(42)49-44(35)43(37)34-21-19-31(27-38(34)46(45,3)4)47(29-13-6-5-7-14-29)30-20-25-40-36(26-30)33-16-10-11-17-39(33)48-40;1-39(2)33-23-22-32-36-30-18-12-11-13-26(30)19-24-35(36)42-38(32)37(33)31-21-20-29(25-34(31)40(39,3)4)41(27-14-7-5-8-15-27)28-16-9-6-10-17-28/h2*5-27H,1-4H3;5-25H,1-4H3. The third-order valence-electron chi connectivity index (χ3n) is 33.2. The molecule has 676 valence electrons. The number of benzene rings is 20. The molecule has 0 N–H and O–H groups in total. The average Bonchev–Trinajstić information content (AvgIpc) is 1.30. The summed E-state index contributed by atoms with van der Waals surface area (Å²) in [6.45, 7) is 29.2. The largest absolute Gasteiger partial charge is 0.456 e. The van der Waals surface area contributed by atoms with Crippen LogP contribution in [0.5, 0.6) is 0 Å². The predicted octanol–water partition coefficient (Wildman–Crippen LogP) is 40.0. The Hall–Kier alpha value is -14.7. The van der Waals surface area contributed by atoms with E-state index in [0.29, 0.717) is 0 Å². The van der Waals surface area contributed by atoms with Gasteiger partial charge in [-0.1, -0.05) is 338 Å². The number of anilines is 9. The van der Waals surface area contributed by atoms with Crippen molar-refractivity contribution in [2.24, 2.45) is 0 Å². The molecular weight excluding hydrogens is 1770 g/mol. The molecule has 3 aliphatic carbocycles. The zero-order chi connectivity index (χ0) is 94.8. The van der Waals surface area contributed by atoms with E-state index in [4.69, 9.17) is 4.42 Å². The molecule has 0 unspecified atom stereocenters.